The third-order valence-corrected chi connectivity index (χ3v) is 6.40. The van der Waals surface area contributed by atoms with Crippen LogP contribution in [0.2, 0.25) is 0 Å². The second-order valence-corrected chi connectivity index (χ2v) is 8.24. The number of amides is 1. The highest BCUT2D eigenvalue weighted by Crippen LogP contribution is 2.40. The maximum Gasteiger partial charge on any atom is 0.269 e. The first kappa shape index (κ1) is 16.2. The fourth-order valence-electron chi connectivity index (χ4n) is 2.88. The van der Waals surface area contributed by atoms with Crippen LogP contribution in [0.5, 0.6) is 0 Å². The van der Waals surface area contributed by atoms with Crippen LogP contribution in [0.25, 0.3) is 11.5 Å². The lowest BCUT2D eigenvalue weighted by Crippen LogP contribution is -2.31. The van der Waals surface area contributed by atoms with E-state index in [1.165, 1.54) is 12.1 Å². The molecule has 1 amide bonds. The molecule has 0 spiro atoms. The minimum atomic E-state index is -3.80. The van der Waals surface area contributed by atoms with E-state index in [9.17, 15) is 13.2 Å². The number of sulfonamides is 1. The fraction of sp³-hybridized carbons (Fsp3) is 0.438. The average molecular weight is 362 g/mol. The van der Waals surface area contributed by atoms with Crippen molar-refractivity contribution >= 4 is 15.9 Å². The average Bonchev–Trinajstić information content (AvgIpc) is 3.26. The minimum Gasteiger partial charge on any atom is -0.334 e. The first-order chi connectivity index (χ1) is 11.9. The molecule has 9 heteroatoms. The Morgan fingerprint density at radius 3 is 2.84 bits per heavy atom. The lowest BCUT2D eigenvalue weighted by molar-refractivity contribution is 0.0865. The Kier molecular flexibility index (Phi) is 3.66. The summed E-state index contributed by atoms with van der Waals surface area (Å²) in [6.45, 7) is 2.00. The molecule has 1 saturated carbocycles. The zero-order valence-electron chi connectivity index (χ0n) is 13.9. The van der Waals surface area contributed by atoms with Gasteiger partial charge in [0.05, 0.1) is 5.56 Å². The molecule has 1 unspecified atom stereocenters. The van der Waals surface area contributed by atoms with Gasteiger partial charge in [-0.15, -0.1) is 0 Å². The molecule has 2 aliphatic rings. The number of fused-ring (bicyclic) bond motifs is 1. The number of likely N-dealkylation sites (N-methyl/N-ethyl adjacent to an activating group) is 1. The molecule has 2 heterocycles. The van der Waals surface area contributed by atoms with Crippen molar-refractivity contribution < 1.29 is 17.7 Å². The van der Waals surface area contributed by atoms with Crippen molar-refractivity contribution in [3.05, 3.63) is 29.6 Å². The van der Waals surface area contributed by atoms with Crippen molar-refractivity contribution in [3.8, 4) is 11.5 Å². The quantitative estimate of drug-likeness (QED) is 0.852. The van der Waals surface area contributed by atoms with Gasteiger partial charge in [0.1, 0.15) is 4.90 Å². The first-order valence-electron chi connectivity index (χ1n) is 8.15. The minimum absolute atomic E-state index is 0.0187. The smallest absolute Gasteiger partial charge is 0.269 e. The fourth-order valence-corrected chi connectivity index (χ4v) is 4.72. The molecule has 1 aromatic heterocycles. The van der Waals surface area contributed by atoms with Crippen LogP contribution in [0.15, 0.2) is 27.6 Å². The number of carbonyl (C=O) groups is 1. The molecule has 132 valence electrons. The van der Waals surface area contributed by atoms with E-state index in [2.05, 4.69) is 15.5 Å². The van der Waals surface area contributed by atoms with Crippen LogP contribution in [0.3, 0.4) is 0 Å². The van der Waals surface area contributed by atoms with Gasteiger partial charge < -0.3 is 9.84 Å². The zero-order valence-corrected chi connectivity index (χ0v) is 14.7. The van der Waals surface area contributed by atoms with Crippen molar-refractivity contribution in [2.75, 3.05) is 7.05 Å². The molecule has 0 saturated heterocycles. The SMILES string of the molecule is CNC(C)Cc1noc(-c2ccc3c(c2)S(=O)(=O)N(C2CC2)C3=O)n1. The van der Waals surface area contributed by atoms with Crippen LogP contribution in [0.1, 0.15) is 35.9 Å². The highest BCUT2D eigenvalue weighted by molar-refractivity contribution is 7.90. The van der Waals surface area contributed by atoms with Gasteiger partial charge in [0.25, 0.3) is 21.8 Å². The molecule has 1 N–H and O–H groups in total. The number of nitrogens with zero attached hydrogens (tertiary/aromatic N) is 3. The molecular weight excluding hydrogens is 344 g/mol. The predicted octanol–water partition coefficient (Wildman–Crippen LogP) is 1.19. The Balaban J connectivity index is 1.69. The molecular formula is C16H18N4O4S. The van der Waals surface area contributed by atoms with Gasteiger partial charge >= 0.3 is 0 Å². The lowest BCUT2D eigenvalue weighted by atomic mass is 10.1. The molecule has 8 nitrogen and oxygen atoms in total. The number of nitrogens with one attached hydrogen (secondary N) is 1. The molecule has 0 bridgehead atoms. The van der Waals surface area contributed by atoms with Crippen molar-refractivity contribution in [1.82, 2.24) is 19.8 Å². The molecule has 1 aliphatic carbocycles. The summed E-state index contributed by atoms with van der Waals surface area (Å²) in [6, 6.07) is 4.60. The van der Waals surface area contributed by atoms with Crippen LogP contribution >= 0.6 is 0 Å². The third kappa shape index (κ3) is 2.63. The Bertz CT molecular complexity index is 949. The predicted molar refractivity (Wildman–Crippen MR) is 88.3 cm³/mol. The summed E-state index contributed by atoms with van der Waals surface area (Å²) < 4.78 is 31.6. The van der Waals surface area contributed by atoms with E-state index in [0.29, 0.717) is 17.8 Å². The summed E-state index contributed by atoms with van der Waals surface area (Å²) in [6.07, 6.45) is 2.04. The topological polar surface area (TPSA) is 105 Å². The van der Waals surface area contributed by atoms with Crippen LogP contribution < -0.4 is 5.32 Å². The maximum atomic E-state index is 12.7. The summed E-state index contributed by atoms with van der Waals surface area (Å²) in [5.74, 6) is 0.336. The number of rotatable bonds is 5. The second kappa shape index (κ2) is 5.63. The number of benzene rings is 1. The standard InChI is InChI=1S/C16H18N4O4S/c1-9(17-2)7-14-18-15(24-19-14)10-3-6-12-13(8-10)25(22,23)20(16(12)21)11-4-5-11/h3,6,8-9,11,17H,4-5,7H2,1-2H3. The summed E-state index contributed by atoms with van der Waals surface area (Å²) >= 11 is 0. The molecule has 1 atom stereocenters. The van der Waals surface area contributed by atoms with Gasteiger partial charge in [0.15, 0.2) is 5.82 Å². The third-order valence-electron chi connectivity index (χ3n) is 4.52. The van der Waals surface area contributed by atoms with Gasteiger partial charge in [-0.3, -0.25) is 4.79 Å². The molecule has 1 aromatic carbocycles. The number of aromatic nitrogens is 2. The number of hydrogen-bond acceptors (Lipinski definition) is 7. The van der Waals surface area contributed by atoms with Crippen molar-refractivity contribution in [2.45, 2.75) is 43.2 Å². The number of hydrogen-bond donors (Lipinski definition) is 1. The monoisotopic (exact) mass is 362 g/mol. The molecule has 0 radical (unpaired) electrons. The molecule has 4 rings (SSSR count). The second-order valence-electron chi connectivity index (χ2n) is 6.46. The van der Waals surface area contributed by atoms with E-state index in [4.69, 9.17) is 4.52 Å². The highest BCUT2D eigenvalue weighted by Gasteiger charge is 2.48. The van der Waals surface area contributed by atoms with E-state index in [-0.39, 0.29) is 28.4 Å². The van der Waals surface area contributed by atoms with Gasteiger partial charge in [-0.05, 0) is 45.0 Å². The van der Waals surface area contributed by atoms with Gasteiger partial charge in [-0.2, -0.15) is 4.98 Å². The van der Waals surface area contributed by atoms with Gasteiger partial charge in [-0.25, -0.2) is 12.7 Å². The molecule has 1 fully saturated rings. The Hall–Kier alpha value is -2.26. The van der Waals surface area contributed by atoms with Crippen molar-refractivity contribution in [1.29, 1.82) is 0 Å². The van der Waals surface area contributed by atoms with E-state index >= 15 is 0 Å². The lowest BCUT2D eigenvalue weighted by Gasteiger charge is -2.13. The van der Waals surface area contributed by atoms with Crippen LogP contribution in [0.4, 0.5) is 0 Å². The summed E-state index contributed by atoms with van der Waals surface area (Å²) in [5, 5.41) is 7.01. The highest BCUT2D eigenvalue weighted by atomic mass is 32.2. The van der Waals surface area contributed by atoms with E-state index < -0.39 is 15.9 Å². The van der Waals surface area contributed by atoms with Crippen LogP contribution in [-0.4, -0.2) is 47.9 Å². The van der Waals surface area contributed by atoms with E-state index in [1.54, 1.807) is 6.07 Å². The summed E-state index contributed by atoms with van der Waals surface area (Å²) in [4.78, 5) is 16.7. The first-order valence-corrected chi connectivity index (χ1v) is 9.59. The molecule has 1 aliphatic heterocycles. The van der Waals surface area contributed by atoms with Crippen molar-refractivity contribution in [3.63, 3.8) is 0 Å². The molecule has 25 heavy (non-hydrogen) atoms. The van der Waals surface area contributed by atoms with Crippen molar-refractivity contribution in [2.24, 2.45) is 0 Å². The summed E-state index contributed by atoms with van der Waals surface area (Å²) in [7, 11) is -1.95. The number of carbonyl (C=O) groups excluding carboxylic acids is 1. The van der Waals surface area contributed by atoms with E-state index in [0.717, 1.165) is 17.1 Å². The molecule has 2 aromatic rings. The summed E-state index contributed by atoms with van der Waals surface area (Å²) in [5.41, 5.74) is 0.697. The van der Waals surface area contributed by atoms with E-state index in [1.807, 2.05) is 14.0 Å². The largest absolute Gasteiger partial charge is 0.334 e. The zero-order chi connectivity index (χ0) is 17.8. The van der Waals surface area contributed by atoms with Gasteiger partial charge in [-0.1, -0.05) is 5.16 Å². The van der Waals surface area contributed by atoms with Gasteiger partial charge in [0, 0.05) is 24.1 Å². The van der Waals surface area contributed by atoms with Gasteiger partial charge in [0.2, 0.25) is 0 Å². The Morgan fingerprint density at radius 2 is 2.16 bits per heavy atom. The van der Waals surface area contributed by atoms with Crippen LogP contribution in [0, 0.1) is 0 Å². The normalized spacial score (nSPS) is 19.9. The maximum absolute atomic E-state index is 12.7. The Morgan fingerprint density at radius 1 is 1.40 bits per heavy atom. The van der Waals surface area contributed by atoms with Crippen LogP contribution in [-0.2, 0) is 16.4 Å². The Labute approximate surface area is 145 Å².